The Morgan fingerprint density at radius 2 is 1.70 bits per heavy atom. The number of methoxy groups -OCH3 is 1. The molecule has 1 amide bonds. The van der Waals surface area contributed by atoms with Gasteiger partial charge in [0, 0.05) is 19.8 Å². The first-order chi connectivity index (χ1) is 12.9. The zero-order valence-corrected chi connectivity index (χ0v) is 15.4. The molecule has 0 unspecified atom stereocenters. The van der Waals surface area contributed by atoms with Crippen LogP contribution >= 0.6 is 0 Å². The summed E-state index contributed by atoms with van der Waals surface area (Å²) in [5.41, 5.74) is 3.14. The molecule has 27 heavy (non-hydrogen) atoms. The number of nitrogens with zero attached hydrogens (tertiary/aromatic N) is 1. The molecule has 0 N–H and O–H groups in total. The summed E-state index contributed by atoms with van der Waals surface area (Å²) in [4.78, 5) is 36.8. The lowest BCUT2D eigenvalue weighted by Gasteiger charge is -2.32. The van der Waals surface area contributed by atoms with E-state index in [1.54, 1.807) is 0 Å². The quantitative estimate of drug-likeness (QED) is 0.598. The first kappa shape index (κ1) is 18.7. The summed E-state index contributed by atoms with van der Waals surface area (Å²) in [6, 6.07) is 7.39. The lowest BCUT2D eigenvalue weighted by atomic mass is 9.82. The van der Waals surface area contributed by atoms with Crippen LogP contribution in [0.25, 0.3) is 6.08 Å². The Morgan fingerprint density at radius 1 is 1.04 bits per heavy atom. The Hall–Kier alpha value is -3.09. The second kappa shape index (κ2) is 7.65. The molecule has 7 heteroatoms. The van der Waals surface area contributed by atoms with Gasteiger partial charge in [0.2, 0.25) is 0 Å². The lowest BCUT2D eigenvalue weighted by Crippen LogP contribution is -2.35. The fourth-order valence-electron chi connectivity index (χ4n) is 3.57. The van der Waals surface area contributed by atoms with Crippen LogP contribution in [0.15, 0.2) is 41.6 Å². The van der Waals surface area contributed by atoms with Gasteiger partial charge in [0.25, 0.3) is 0 Å². The topological polar surface area (TPSA) is 82.1 Å². The third-order valence-electron chi connectivity index (χ3n) is 4.69. The Balaban J connectivity index is 2.08. The second-order valence-electron chi connectivity index (χ2n) is 6.33. The minimum atomic E-state index is -0.560. The van der Waals surface area contributed by atoms with Crippen molar-refractivity contribution in [2.75, 3.05) is 20.3 Å². The maximum absolute atomic E-state index is 12.6. The first-order valence-corrected chi connectivity index (χ1v) is 8.57. The summed E-state index contributed by atoms with van der Waals surface area (Å²) in [5, 5.41) is 0. The van der Waals surface area contributed by atoms with Crippen molar-refractivity contribution in [2.24, 2.45) is 5.92 Å². The number of amides is 1. The third kappa shape index (κ3) is 3.58. The van der Waals surface area contributed by atoms with Gasteiger partial charge in [-0.15, -0.1) is 0 Å². The van der Waals surface area contributed by atoms with Gasteiger partial charge in [-0.3, -0.25) is 14.5 Å². The highest BCUT2D eigenvalue weighted by Gasteiger charge is 2.46. The molecule has 0 saturated carbocycles. The predicted molar refractivity (Wildman–Crippen MR) is 96.2 cm³/mol. The summed E-state index contributed by atoms with van der Waals surface area (Å²) >= 11 is 0. The van der Waals surface area contributed by atoms with Crippen molar-refractivity contribution in [2.45, 2.75) is 19.9 Å². The van der Waals surface area contributed by atoms with Crippen LogP contribution in [0.1, 0.15) is 31.0 Å². The van der Waals surface area contributed by atoms with Crippen LogP contribution in [-0.4, -0.2) is 43.3 Å². The van der Waals surface area contributed by atoms with Crippen LogP contribution in [-0.2, 0) is 23.8 Å². The molecule has 142 valence electrons. The normalized spacial score (nSPS) is 20.0. The molecule has 7 nitrogen and oxygen atoms in total. The number of carbonyl (C=O) groups excluding carboxylic acids is 3. The summed E-state index contributed by atoms with van der Waals surface area (Å²) in [5.74, 6) is -1.10. The molecule has 0 aromatic heterocycles. The van der Waals surface area contributed by atoms with Gasteiger partial charge in [0.15, 0.2) is 0 Å². The molecule has 0 radical (unpaired) electrons. The highest BCUT2D eigenvalue weighted by molar-refractivity contribution is 5.75. The lowest BCUT2D eigenvalue weighted by molar-refractivity contribution is -0.141. The Labute approximate surface area is 157 Å². The van der Waals surface area contributed by atoms with Crippen LogP contribution in [0.2, 0.25) is 0 Å². The maximum atomic E-state index is 12.6. The van der Waals surface area contributed by atoms with Crippen LogP contribution in [0.5, 0.6) is 0 Å². The average molecular weight is 371 g/mol. The fraction of sp³-hybridized carbons (Fsp3) is 0.350. The number of ether oxygens (including phenoxy) is 3. The van der Waals surface area contributed by atoms with Crippen molar-refractivity contribution in [1.82, 2.24) is 4.90 Å². The highest BCUT2D eigenvalue weighted by Crippen LogP contribution is 2.48. The second-order valence-corrected chi connectivity index (χ2v) is 6.33. The van der Waals surface area contributed by atoms with E-state index in [1.165, 1.54) is 25.9 Å². The van der Waals surface area contributed by atoms with Gasteiger partial charge in [-0.25, -0.2) is 4.79 Å². The van der Waals surface area contributed by atoms with Gasteiger partial charge < -0.3 is 14.2 Å². The van der Waals surface area contributed by atoms with Crippen LogP contribution in [0, 0.1) is 5.92 Å². The number of benzene rings is 1. The van der Waals surface area contributed by atoms with Crippen molar-refractivity contribution in [3.05, 3.63) is 52.7 Å². The van der Waals surface area contributed by atoms with Crippen LogP contribution in [0.3, 0.4) is 0 Å². The number of hydrogen-bond acceptors (Lipinski definition) is 6. The number of fused-ring (bicyclic) bond motifs is 3. The minimum Gasteiger partial charge on any atom is -0.461 e. The molecular formula is C20H21NO6. The molecule has 0 bridgehead atoms. The van der Waals surface area contributed by atoms with Crippen molar-refractivity contribution in [1.29, 1.82) is 0 Å². The molecule has 1 heterocycles. The SMILES string of the molecule is COC(=O)N1C(COC(C)=O)=C(COC(C)=O)[C@H]2C=Cc3ccccc3[C@H]21. The van der Waals surface area contributed by atoms with Gasteiger partial charge in [0.1, 0.15) is 13.2 Å². The summed E-state index contributed by atoms with van der Waals surface area (Å²) in [6.07, 6.45) is 3.40. The van der Waals surface area contributed by atoms with Crippen molar-refractivity contribution in [3.63, 3.8) is 0 Å². The monoisotopic (exact) mass is 371 g/mol. The van der Waals surface area contributed by atoms with Crippen LogP contribution in [0.4, 0.5) is 4.79 Å². The number of hydrogen-bond donors (Lipinski definition) is 0. The van der Waals surface area contributed by atoms with E-state index in [2.05, 4.69) is 0 Å². The Kier molecular flexibility index (Phi) is 5.30. The van der Waals surface area contributed by atoms with E-state index in [-0.39, 0.29) is 25.2 Å². The first-order valence-electron chi connectivity index (χ1n) is 8.57. The molecule has 0 fully saturated rings. The van der Waals surface area contributed by atoms with Crippen molar-refractivity contribution >= 4 is 24.1 Å². The number of carbonyl (C=O) groups is 3. The minimum absolute atomic E-state index is 0.00704. The average Bonchev–Trinajstić information content (AvgIpc) is 2.97. The summed E-state index contributed by atoms with van der Waals surface area (Å²) in [7, 11) is 1.30. The third-order valence-corrected chi connectivity index (χ3v) is 4.69. The molecule has 1 aliphatic heterocycles. The molecule has 1 aromatic rings. The van der Waals surface area contributed by atoms with Gasteiger partial charge in [-0.1, -0.05) is 36.4 Å². The number of esters is 2. The van der Waals surface area contributed by atoms with E-state index in [0.29, 0.717) is 11.3 Å². The molecule has 3 rings (SSSR count). The molecule has 0 spiro atoms. The predicted octanol–water partition coefficient (Wildman–Crippen LogP) is 2.83. The van der Waals surface area contributed by atoms with E-state index in [1.807, 2.05) is 36.4 Å². The molecule has 1 aromatic carbocycles. The zero-order valence-electron chi connectivity index (χ0n) is 15.4. The fourth-order valence-corrected chi connectivity index (χ4v) is 3.57. The largest absolute Gasteiger partial charge is 0.461 e. The van der Waals surface area contributed by atoms with E-state index < -0.39 is 18.0 Å². The Morgan fingerprint density at radius 3 is 2.37 bits per heavy atom. The molecular weight excluding hydrogens is 350 g/mol. The van der Waals surface area contributed by atoms with Gasteiger partial charge in [0.05, 0.1) is 18.8 Å². The molecule has 2 aliphatic rings. The summed E-state index contributed by atoms with van der Waals surface area (Å²) in [6.45, 7) is 2.52. The molecule has 2 atom stereocenters. The smallest absolute Gasteiger partial charge is 0.414 e. The zero-order chi connectivity index (χ0) is 19.6. The maximum Gasteiger partial charge on any atom is 0.414 e. The van der Waals surface area contributed by atoms with Crippen molar-refractivity contribution in [3.8, 4) is 0 Å². The van der Waals surface area contributed by atoms with E-state index >= 15 is 0 Å². The standard InChI is InChI=1S/C20H21NO6/c1-12(22)26-10-17-16-9-8-14-6-4-5-7-15(14)19(16)21(20(24)25-3)18(17)11-27-13(2)23/h4-9,16,19H,10-11H2,1-3H3/t16-,19-/m1/s1. The Bertz CT molecular complexity index is 841. The van der Waals surface area contributed by atoms with Gasteiger partial charge in [-0.2, -0.15) is 0 Å². The molecule has 0 saturated heterocycles. The molecule has 1 aliphatic carbocycles. The van der Waals surface area contributed by atoms with Gasteiger partial charge in [-0.05, 0) is 16.7 Å². The van der Waals surface area contributed by atoms with Crippen molar-refractivity contribution < 1.29 is 28.6 Å². The van der Waals surface area contributed by atoms with E-state index in [0.717, 1.165) is 11.1 Å². The summed E-state index contributed by atoms with van der Waals surface area (Å²) < 4.78 is 15.4. The highest BCUT2D eigenvalue weighted by atomic mass is 16.6. The number of rotatable bonds is 4. The van der Waals surface area contributed by atoms with E-state index in [9.17, 15) is 14.4 Å². The van der Waals surface area contributed by atoms with E-state index in [4.69, 9.17) is 14.2 Å². The van der Waals surface area contributed by atoms with Crippen LogP contribution < -0.4 is 0 Å². The van der Waals surface area contributed by atoms with Gasteiger partial charge >= 0.3 is 18.0 Å².